The summed E-state index contributed by atoms with van der Waals surface area (Å²) in [6.45, 7) is 19.8. The number of unbranched alkanes of at least 4 members (excludes halogenated alkanes) is 6. The number of hydrogen-bond donors (Lipinski definition) is 3. The van der Waals surface area contributed by atoms with Crippen molar-refractivity contribution in [3.63, 3.8) is 0 Å². The molecule has 580 valence electrons. The largest absolute Gasteiger partial charge is 0.748 e. The third-order valence-electron chi connectivity index (χ3n) is 22.6. The minimum atomic E-state index is -4.85. The van der Waals surface area contributed by atoms with E-state index < -0.39 is 66.8 Å². The number of nitrogens with zero attached hydrogens (tertiary/aromatic N) is 4. The second-order valence-electron chi connectivity index (χ2n) is 31.4. The maximum absolute atomic E-state index is 14.0. The number of nitrogens with one attached hydrogen (secondary N) is 3. The summed E-state index contributed by atoms with van der Waals surface area (Å²) in [6.07, 6.45) is 19.0. The zero-order valence-electron chi connectivity index (χ0n) is 62.5. The predicted octanol–water partition coefficient (Wildman–Crippen LogP) is 13.6. The van der Waals surface area contributed by atoms with Crippen molar-refractivity contribution >= 4 is 81.0 Å². The Hall–Kier alpha value is -7.63. The highest BCUT2D eigenvalue weighted by Gasteiger charge is 2.60. The molecule has 0 radical (unpaired) electrons. The molecule has 1 aromatic heterocycles. The van der Waals surface area contributed by atoms with Crippen LogP contribution >= 0.6 is 11.6 Å². The number of benzene rings is 5. The number of anilines is 1. The first-order valence-electron chi connectivity index (χ1n) is 37.2. The second kappa shape index (κ2) is 32.7. The lowest BCUT2D eigenvalue weighted by Crippen LogP contribution is -2.52. The van der Waals surface area contributed by atoms with Crippen molar-refractivity contribution in [1.82, 2.24) is 25.7 Å². The Morgan fingerprint density at radius 1 is 0.685 bits per heavy atom. The minimum absolute atomic E-state index is 0.0115. The van der Waals surface area contributed by atoms with Crippen LogP contribution in [0.5, 0.6) is 5.75 Å². The lowest BCUT2D eigenvalue weighted by Gasteiger charge is -2.42. The van der Waals surface area contributed by atoms with Crippen LogP contribution in [0.15, 0.2) is 171 Å². The quantitative estimate of drug-likeness (QED) is 0.0196. The highest BCUT2D eigenvalue weighted by atomic mass is 35.5. The van der Waals surface area contributed by atoms with Crippen molar-refractivity contribution in [3.05, 3.63) is 195 Å². The van der Waals surface area contributed by atoms with E-state index in [4.69, 9.17) is 21.4 Å². The molecule has 11 rings (SSSR count). The van der Waals surface area contributed by atoms with Crippen LogP contribution in [0.3, 0.4) is 0 Å². The zero-order valence-corrected chi connectivity index (χ0v) is 66.6. The minimum Gasteiger partial charge on any atom is -0.748 e. The summed E-state index contributed by atoms with van der Waals surface area (Å²) in [7, 11) is -19.0. The van der Waals surface area contributed by atoms with E-state index in [-0.39, 0.29) is 58.7 Å². The fraction of sp³-hybridized carbons (Fsp3) is 0.457. The first-order chi connectivity index (χ1) is 50.8. The zero-order chi connectivity index (χ0) is 77.9. The molecule has 2 fully saturated rings. The van der Waals surface area contributed by atoms with Gasteiger partial charge in [-0.15, -0.1) is 0 Å². The van der Waals surface area contributed by atoms with Gasteiger partial charge in [-0.05, 0) is 239 Å². The Bertz CT molecular complexity index is 5060. The molecule has 27 heteroatoms. The second-order valence-corrected chi connectivity index (χ2v) is 37.5. The molecule has 108 heavy (non-hydrogen) atoms. The van der Waals surface area contributed by atoms with E-state index in [9.17, 15) is 61.5 Å². The highest BCUT2D eigenvalue weighted by molar-refractivity contribution is 7.86. The van der Waals surface area contributed by atoms with Crippen LogP contribution in [0.2, 0.25) is 5.02 Å². The Labute approximate surface area is 641 Å². The molecule has 2 amide bonds. The van der Waals surface area contributed by atoms with Gasteiger partial charge in [-0.3, -0.25) is 14.3 Å². The van der Waals surface area contributed by atoms with E-state index in [1.165, 1.54) is 48.9 Å². The lowest BCUT2D eigenvalue weighted by molar-refractivity contribution is -0.438. The number of rotatable bonds is 33. The highest BCUT2D eigenvalue weighted by Crippen LogP contribution is 2.62. The molecule has 5 aliphatic rings. The van der Waals surface area contributed by atoms with Gasteiger partial charge < -0.3 is 43.8 Å². The van der Waals surface area contributed by atoms with Crippen LogP contribution in [-0.4, -0.2) is 122 Å². The Morgan fingerprint density at radius 3 is 2.01 bits per heavy atom. The van der Waals surface area contributed by atoms with Crippen LogP contribution in [0.1, 0.15) is 190 Å². The van der Waals surface area contributed by atoms with E-state index in [1.54, 1.807) is 6.07 Å². The average molecular weight is 1570 g/mol. The van der Waals surface area contributed by atoms with Gasteiger partial charge in [0.25, 0.3) is 5.91 Å². The number of amides is 2. The monoisotopic (exact) mass is 1570 g/mol. The normalized spacial score (nSPS) is 20.3. The lowest BCUT2D eigenvalue weighted by atomic mass is 9.68. The van der Waals surface area contributed by atoms with Crippen molar-refractivity contribution in [2.45, 2.75) is 203 Å². The van der Waals surface area contributed by atoms with Gasteiger partial charge in [-0.25, -0.2) is 33.7 Å². The Morgan fingerprint density at radius 2 is 1.34 bits per heavy atom. The number of carbonyl (C=O) groups excluding carboxylic acids is 2. The fourth-order valence-corrected chi connectivity index (χ4v) is 18.8. The van der Waals surface area contributed by atoms with Gasteiger partial charge in [-0.1, -0.05) is 95.5 Å². The molecule has 3 N–H and O–H groups in total. The van der Waals surface area contributed by atoms with Crippen LogP contribution in [0.4, 0.5) is 11.4 Å². The fourth-order valence-electron chi connectivity index (χ4n) is 16.7. The van der Waals surface area contributed by atoms with Gasteiger partial charge in [-0.2, -0.15) is 9.67 Å². The Balaban J connectivity index is 0.697. The molecular formula is C81H97ClN7O15S4-3. The number of hydrogen-bond acceptors (Lipinski definition) is 18. The standard InChI is InChI=1S/C81H100ClN7O15S4/c1-54-47-59(26-35-67(54)82)71-50-68(76(91)85-77-78(2,3)60-40-41-81(77,8)51-60)86-89(71)53-56-24-22-55(23-25-56)52-83-42-13-9-10-14-43-84-74(90)21-12-11-15-44-87-69-36-33-63(107(98,99)100)48-65(69)79(4,5)72(87)38-27-57-19-18-20-58(75(57)104-61-29-31-62(32-30-61)106(95,96)97)28-39-73-80(6,7)66-49-64(108(101,102)103)34-37-70(66)88(73)45-16-17-46-105(92,93)94/h22-39,47-50,60,77,83H,9-21,40-46,51-53H2,1-8H3,(H5-,84,85,90,91,92,93,94,95,96,97,98,99,100,101,102,103)/p-3/t60-,77?,81+/m0/s1. The van der Waals surface area contributed by atoms with Crippen LogP contribution < -0.4 is 25.6 Å². The van der Waals surface area contributed by atoms with Gasteiger partial charge in [0.1, 0.15) is 48.4 Å². The molecule has 3 heterocycles. The number of ether oxygens (including phenoxy) is 1. The molecule has 0 spiro atoms. The van der Waals surface area contributed by atoms with Crippen molar-refractivity contribution in [2.24, 2.45) is 16.7 Å². The molecule has 2 aliphatic heterocycles. The smallest absolute Gasteiger partial charge is 0.272 e. The van der Waals surface area contributed by atoms with Crippen molar-refractivity contribution in [1.29, 1.82) is 0 Å². The maximum atomic E-state index is 14.0. The summed E-state index contributed by atoms with van der Waals surface area (Å²) >= 11 is 6.44. The first kappa shape index (κ1) is 81.4. The molecular weight excluding hydrogens is 1470 g/mol. The van der Waals surface area contributed by atoms with Crippen LogP contribution in [0.25, 0.3) is 11.3 Å². The summed E-state index contributed by atoms with van der Waals surface area (Å²) in [5.41, 5.74) is 8.98. The molecule has 3 atom stereocenters. The summed E-state index contributed by atoms with van der Waals surface area (Å²) in [5, 5.41) is 15.7. The summed E-state index contributed by atoms with van der Waals surface area (Å²) in [4.78, 5) is 27.8. The number of carbonyl (C=O) groups is 2. The summed E-state index contributed by atoms with van der Waals surface area (Å²) < 4.78 is 156. The topological polar surface area (TPSA) is 332 Å². The van der Waals surface area contributed by atoms with Gasteiger partial charge in [0.2, 0.25) is 11.6 Å². The molecule has 2 bridgehead atoms. The molecule has 2 saturated carbocycles. The number of fused-ring (bicyclic) bond motifs is 4. The number of allylic oxidation sites excluding steroid dienone is 7. The van der Waals surface area contributed by atoms with E-state index >= 15 is 0 Å². The van der Waals surface area contributed by atoms with E-state index in [0.29, 0.717) is 133 Å². The third kappa shape index (κ3) is 18.9. The molecule has 6 aromatic rings. The molecule has 22 nitrogen and oxygen atoms in total. The maximum Gasteiger partial charge on any atom is 0.272 e. The van der Waals surface area contributed by atoms with Crippen LogP contribution in [-0.2, 0) is 69.2 Å². The molecule has 5 aromatic carbocycles. The van der Waals surface area contributed by atoms with Gasteiger partial charge >= 0.3 is 0 Å². The van der Waals surface area contributed by atoms with Gasteiger partial charge in [0.05, 0.1) is 42.5 Å². The van der Waals surface area contributed by atoms with Crippen molar-refractivity contribution in [3.8, 4) is 17.0 Å². The molecule has 3 aliphatic carbocycles. The van der Waals surface area contributed by atoms with E-state index in [2.05, 4.69) is 65.6 Å². The summed E-state index contributed by atoms with van der Waals surface area (Å²) in [5.74, 6) is 0.458. The average Bonchev–Trinajstić information content (AvgIpc) is 1.57. The predicted molar refractivity (Wildman–Crippen MR) is 412 cm³/mol. The molecule has 0 saturated heterocycles. The summed E-state index contributed by atoms with van der Waals surface area (Å²) in [6, 6.07) is 29.8. The first-order valence-corrected chi connectivity index (χ1v) is 43.3. The van der Waals surface area contributed by atoms with Crippen molar-refractivity contribution in [2.75, 3.05) is 36.8 Å². The molecule has 1 unspecified atom stereocenters. The third-order valence-corrected chi connectivity index (χ3v) is 26.3. The number of halogens is 1. The van der Waals surface area contributed by atoms with E-state index in [1.807, 2.05) is 92.8 Å². The number of aryl methyl sites for hydroxylation is 1. The van der Waals surface area contributed by atoms with Gasteiger partial charge in [0.15, 0.2) is 11.4 Å². The number of aromatic nitrogens is 2. The van der Waals surface area contributed by atoms with E-state index in [0.717, 1.165) is 90.9 Å². The Kier molecular flexibility index (Phi) is 24.7. The van der Waals surface area contributed by atoms with Gasteiger partial charge in [0, 0.05) is 89.4 Å². The van der Waals surface area contributed by atoms with Crippen molar-refractivity contribution < 1.29 is 70.8 Å². The SMILES string of the molecule is Cc1cc(-c2cc(C(=O)NC3C(C)(C)[C@H]4CC[C@]3(C)C4)nn2Cc2ccc(CNCCCCCCNC(=O)CCCCC[N+]3=C(/C=C/C4=C(Oc5ccc(S(=O)(=O)[O-])cc5)C(=C/C=C5/N(CCCCS(=O)(=O)[O-])c6ccc(S(=O)(=O)[O-])cc6C5(C)C)/CCC4)C(C)(C)c4cc(S(=O)(=O)[O-])ccc43)cc2)ccc1Cl. The van der Waals surface area contributed by atoms with Crippen LogP contribution in [0, 0.1) is 23.7 Å².